The molecule has 26 heavy (non-hydrogen) atoms. The molecule has 0 aliphatic carbocycles. The molecule has 0 atom stereocenters. The Bertz CT molecular complexity index is 822. The average molecular weight is 356 g/mol. The van der Waals surface area contributed by atoms with E-state index in [1.807, 2.05) is 19.9 Å². The minimum Gasteiger partial charge on any atom is -0.464 e. The number of Topliss-reactive ketones (excluding diaryl/α,β-unsaturated/α-hetero) is 1. The molecule has 0 spiro atoms. The minimum atomic E-state index is -0.522. The quantitative estimate of drug-likeness (QED) is 0.637. The molecule has 0 unspecified atom stereocenters. The third kappa shape index (κ3) is 3.85. The Morgan fingerprint density at radius 1 is 1.12 bits per heavy atom. The summed E-state index contributed by atoms with van der Waals surface area (Å²) in [6.07, 6.45) is 0. The van der Waals surface area contributed by atoms with Gasteiger partial charge < -0.3 is 14.6 Å². The van der Waals surface area contributed by atoms with Gasteiger partial charge in [-0.2, -0.15) is 0 Å². The first kappa shape index (κ1) is 19.4. The van der Waals surface area contributed by atoms with Gasteiger partial charge in [0.15, 0.2) is 5.78 Å². The normalized spacial score (nSPS) is 10.7. The zero-order chi connectivity index (χ0) is 19.4. The second-order valence-corrected chi connectivity index (χ2v) is 6.43. The van der Waals surface area contributed by atoms with Crippen LogP contribution < -0.4 is 0 Å². The highest BCUT2D eigenvalue weighted by atomic mass is 16.5. The smallest absolute Gasteiger partial charge is 0.354 e. The van der Waals surface area contributed by atoms with Crippen LogP contribution >= 0.6 is 0 Å². The maximum atomic E-state index is 12.9. The molecule has 6 heteroatoms. The number of hydrogen-bond acceptors (Lipinski definition) is 4. The average Bonchev–Trinajstić information content (AvgIpc) is 2.93. The van der Waals surface area contributed by atoms with Crippen molar-refractivity contribution in [2.24, 2.45) is 0 Å². The van der Waals surface area contributed by atoms with Gasteiger partial charge in [0, 0.05) is 22.9 Å². The second-order valence-electron chi connectivity index (χ2n) is 6.43. The number of amides is 1. The Morgan fingerprint density at radius 3 is 2.27 bits per heavy atom. The monoisotopic (exact) mass is 356 g/mol. The summed E-state index contributed by atoms with van der Waals surface area (Å²) in [5.74, 6) is -0.942. The number of H-pyrrole nitrogens is 1. The summed E-state index contributed by atoms with van der Waals surface area (Å²) in [6, 6.07) is 8.72. The number of aromatic nitrogens is 1. The van der Waals surface area contributed by atoms with Gasteiger partial charge in [-0.1, -0.05) is 18.2 Å². The van der Waals surface area contributed by atoms with Gasteiger partial charge in [0.05, 0.1) is 13.7 Å². The van der Waals surface area contributed by atoms with E-state index in [1.165, 1.54) is 12.0 Å². The lowest BCUT2D eigenvalue weighted by Gasteiger charge is -2.26. The maximum absolute atomic E-state index is 12.9. The number of esters is 1. The van der Waals surface area contributed by atoms with E-state index in [2.05, 4.69) is 4.98 Å². The van der Waals surface area contributed by atoms with Crippen LogP contribution in [-0.2, 0) is 4.74 Å². The number of rotatable bonds is 6. The fraction of sp³-hybridized carbons (Fsp3) is 0.350. The van der Waals surface area contributed by atoms with Crippen molar-refractivity contribution in [1.29, 1.82) is 0 Å². The molecule has 0 fully saturated rings. The molecule has 1 amide bonds. The van der Waals surface area contributed by atoms with E-state index in [0.29, 0.717) is 22.4 Å². The van der Waals surface area contributed by atoms with Crippen molar-refractivity contribution in [3.05, 3.63) is 58.4 Å². The summed E-state index contributed by atoms with van der Waals surface area (Å²) in [4.78, 5) is 41.9. The number of ether oxygens (including phenoxy) is 1. The van der Waals surface area contributed by atoms with Crippen molar-refractivity contribution in [2.45, 2.75) is 33.7 Å². The summed E-state index contributed by atoms with van der Waals surface area (Å²) in [5, 5.41) is 0. The van der Waals surface area contributed by atoms with Crippen molar-refractivity contribution in [1.82, 2.24) is 9.88 Å². The Balaban J connectivity index is 2.30. The first-order chi connectivity index (χ1) is 12.3. The number of methoxy groups -OCH3 is 1. The molecule has 0 saturated carbocycles. The van der Waals surface area contributed by atoms with E-state index in [0.717, 1.165) is 0 Å². The molecule has 0 bridgehead atoms. The van der Waals surface area contributed by atoms with Crippen LogP contribution in [0.1, 0.15) is 56.3 Å². The van der Waals surface area contributed by atoms with E-state index in [-0.39, 0.29) is 30.0 Å². The number of carbonyl (C=O) groups is 3. The SMILES string of the molecule is COC(=O)c1[nH]c(C)c(C(=O)CN(C(=O)c2ccccc2)C(C)C)c1C. The van der Waals surface area contributed by atoms with Gasteiger partial charge in [-0.3, -0.25) is 9.59 Å². The number of nitrogens with one attached hydrogen (secondary N) is 1. The summed E-state index contributed by atoms with van der Waals surface area (Å²) in [5.41, 5.74) is 2.35. The highest BCUT2D eigenvalue weighted by Crippen LogP contribution is 2.20. The molecule has 0 aliphatic rings. The van der Waals surface area contributed by atoms with E-state index >= 15 is 0 Å². The predicted molar refractivity (Wildman–Crippen MR) is 98.6 cm³/mol. The molecular weight excluding hydrogens is 332 g/mol. The Labute approximate surface area is 153 Å². The number of carbonyl (C=O) groups excluding carboxylic acids is 3. The first-order valence-corrected chi connectivity index (χ1v) is 8.44. The van der Waals surface area contributed by atoms with Crippen molar-refractivity contribution in [3.63, 3.8) is 0 Å². The third-order valence-electron chi connectivity index (χ3n) is 4.32. The third-order valence-corrected chi connectivity index (χ3v) is 4.32. The van der Waals surface area contributed by atoms with Gasteiger partial charge in [0.2, 0.25) is 0 Å². The molecule has 138 valence electrons. The Hall–Kier alpha value is -2.89. The van der Waals surface area contributed by atoms with Gasteiger partial charge in [-0.15, -0.1) is 0 Å². The van der Waals surface area contributed by atoms with Crippen LogP contribution in [0, 0.1) is 13.8 Å². The maximum Gasteiger partial charge on any atom is 0.354 e. The number of benzene rings is 1. The summed E-state index contributed by atoms with van der Waals surface area (Å²) >= 11 is 0. The number of hydrogen-bond donors (Lipinski definition) is 1. The van der Waals surface area contributed by atoms with Crippen LogP contribution in [0.15, 0.2) is 30.3 Å². The van der Waals surface area contributed by atoms with Crippen LogP contribution in [0.2, 0.25) is 0 Å². The number of aryl methyl sites for hydroxylation is 1. The Kier molecular flexibility index (Phi) is 5.97. The lowest BCUT2D eigenvalue weighted by Crippen LogP contribution is -2.40. The molecule has 2 aromatic rings. The minimum absolute atomic E-state index is 0.0639. The zero-order valence-electron chi connectivity index (χ0n) is 15.8. The second kappa shape index (κ2) is 7.99. The first-order valence-electron chi connectivity index (χ1n) is 8.44. The molecule has 1 heterocycles. The molecule has 1 N–H and O–H groups in total. The molecule has 0 saturated heterocycles. The van der Waals surface area contributed by atoms with Crippen LogP contribution in [0.5, 0.6) is 0 Å². The summed E-state index contributed by atoms with van der Waals surface area (Å²) < 4.78 is 4.73. The number of nitrogens with zero attached hydrogens (tertiary/aromatic N) is 1. The largest absolute Gasteiger partial charge is 0.464 e. The van der Waals surface area contributed by atoms with E-state index in [1.54, 1.807) is 38.1 Å². The molecule has 6 nitrogen and oxygen atoms in total. The van der Waals surface area contributed by atoms with Crippen LogP contribution in [0.4, 0.5) is 0 Å². The summed E-state index contributed by atoms with van der Waals surface area (Å²) in [6.45, 7) is 7.09. The molecular formula is C20H24N2O4. The fourth-order valence-corrected chi connectivity index (χ4v) is 2.94. The van der Waals surface area contributed by atoms with Gasteiger partial charge >= 0.3 is 5.97 Å². The van der Waals surface area contributed by atoms with Crippen molar-refractivity contribution < 1.29 is 19.1 Å². The van der Waals surface area contributed by atoms with Crippen molar-refractivity contribution in [3.8, 4) is 0 Å². The molecule has 0 aliphatic heterocycles. The summed E-state index contributed by atoms with van der Waals surface area (Å²) in [7, 11) is 1.29. The van der Waals surface area contributed by atoms with E-state index < -0.39 is 5.97 Å². The van der Waals surface area contributed by atoms with Crippen LogP contribution in [0.3, 0.4) is 0 Å². The van der Waals surface area contributed by atoms with Gasteiger partial charge in [-0.05, 0) is 45.4 Å². The lowest BCUT2D eigenvalue weighted by molar-refractivity contribution is 0.0593. The number of ketones is 1. The predicted octanol–water partition coefficient (Wildman–Crippen LogP) is 3.15. The van der Waals surface area contributed by atoms with E-state index in [4.69, 9.17) is 4.74 Å². The highest BCUT2D eigenvalue weighted by Gasteiger charge is 2.27. The fourth-order valence-electron chi connectivity index (χ4n) is 2.94. The van der Waals surface area contributed by atoms with Crippen molar-refractivity contribution >= 4 is 17.7 Å². The van der Waals surface area contributed by atoms with Crippen molar-refractivity contribution in [2.75, 3.05) is 13.7 Å². The zero-order valence-corrected chi connectivity index (χ0v) is 15.8. The molecule has 0 radical (unpaired) electrons. The molecule has 2 rings (SSSR count). The van der Waals surface area contributed by atoms with E-state index in [9.17, 15) is 14.4 Å². The highest BCUT2D eigenvalue weighted by molar-refractivity contribution is 6.05. The van der Waals surface area contributed by atoms with Crippen LogP contribution in [-0.4, -0.2) is 47.2 Å². The van der Waals surface area contributed by atoms with Gasteiger partial charge in [-0.25, -0.2) is 4.79 Å². The number of aromatic amines is 1. The molecule has 1 aromatic carbocycles. The van der Waals surface area contributed by atoms with Gasteiger partial charge in [0.1, 0.15) is 5.69 Å². The van der Waals surface area contributed by atoms with Crippen LogP contribution in [0.25, 0.3) is 0 Å². The van der Waals surface area contributed by atoms with Gasteiger partial charge in [0.25, 0.3) is 5.91 Å². The standard InChI is InChI=1S/C20H24N2O4/c1-12(2)22(19(24)15-9-7-6-8-10-15)11-16(23)17-13(3)18(20(25)26-5)21-14(17)4/h6-10,12,21H,11H2,1-5H3. The Morgan fingerprint density at radius 2 is 1.73 bits per heavy atom. The topological polar surface area (TPSA) is 79.5 Å². The lowest BCUT2D eigenvalue weighted by atomic mass is 10.0. The molecule has 1 aromatic heterocycles.